The summed E-state index contributed by atoms with van der Waals surface area (Å²) in [5, 5.41) is 12.7. The van der Waals surface area contributed by atoms with Gasteiger partial charge in [0.15, 0.2) is 0 Å². The van der Waals surface area contributed by atoms with Gasteiger partial charge in [0.25, 0.3) is 0 Å². The second-order valence-corrected chi connectivity index (χ2v) is 4.27. The molecule has 3 heterocycles. The van der Waals surface area contributed by atoms with Gasteiger partial charge in [0.1, 0.15) is 0 Å². The van der Waals surface area contributed by atoms with Crippen LogP contribution in [0.3, 0.4) is 0 Å². The van der Waals surface area contributed by atoms with Crippen LogP contribution in [0.15, 0.2) is 85.7 Å². The Labute approximate surface area is 138 Å². The molecule has 0 fully saturated rings. The van der Waals surface area contributed by atoms with Gasteiger partial charge in [0.05, 0.1) is 0 Å². The van der Waals surface area contributed by atoms with Crippen LogP contribution in [0.1, 0.15) is 0 Å². The molecule has 3 aromatic heterocycles. The third-order valence-corrected chi connectivity index (χ3v) is 2.84. The number of hydrogen-bond donors (Lipinski definition) is 0. The molecule has 0 aliphatic carbocycles. The van der Waals surface area contributed by atoms with Gasteiger partial charge in [-0.05, 0) is 18.2 Å². The number of rotatable bonds is 3. The molecule has 115 valence electrons. The number of nitrogens with zero attached hydrogens (tertiary/aromatic N) is 6. The molecule has 0 N–H and O–H groups in total. The summed E-state index contributed by atoms with van der Waals surface area (Å²) in [4.78, 5) is 0. The maximum Gasteiger partial charge on any atom is 0.568 e. The minimum Gasteiger partial charge on any atom is -0.269 e. The molecule has 0 amide bonds. The largest absolute Gasteiger partial charge is 0.568 e. The van der Waals surface area contributed by atoms with Gasteiger partial charge in [-0.1, -0.05) is 0 Å². The predicted octanol–water partition coefficient (Wildman–Crippen LogP) is 1.34. The monoisotopic (exact) mass is 336 g/mol. The quantitative estimate of drug-likeness (QED) is 0.419. The fourth-order valence-electron chi connectivity index (χ4n) is 1.94. The SMILES string of the molecule is [NiH].c1cc[cH-]c1.c1cnn(B(n2cccn2)n2cccn2)c1. The third-order valence-electron chi connectivity index (χ3n) is 2.84. The fourth-order valence-corrected chi connectivity index (χ4v) is 1.94. The Balaban J connectivity index is 0.000000253. The van der Waals surface area contributed by atoms with Crippen molar-refractivity contribution in [3.63, 3.8) is 0 Å². The van der Waals surface area contributed by atoms with Crippen molar-refractivity contribution in [1.82, 2.24) is 29.1 Å². The van der Waals surface area contributed by atoms with Gasteiger partial charge in [0, 0.05) is 37.2 Å². The summed E-state index contributed by atoms with van der Waals surface area (Å²) >= 11 is 0. The van der Waals surface area contributed by atoms with E-state index in [4.69, 9.17) is 0 Å². The van der Waals surface area contributed by atoms with E-state index in [1.165, 1.54) is 0 Å². The molecule has 0 atom stereocenters. The first-order valence-electron chi connectivity index (χ1n) is 6.59. The van der Waals surface area contributed by atoms with Crippen LogP contribution in [0.2, 0.25) is 0 Å². The van der Waals surface area contributed by atoms with Crippen molar-refractivity contribution < 1.29 is 16.5 Å². The Morgan fingerprint density at radius 1 is 0.636 bits per heavy atom. The van der Waals surface area contributed by atoms with Crippen LogP contribution < -0.4 is 0 Å². The van der Waals surface area contributed by atoms with E-state index >= 15 is 0 Å². The van der Waals surface area contributed by atoms with Crippen molar-refractivity contribution >= 4 is 7.12 Å². The van der Waals surface area contributed by atoms with E-state index in [-0.39, 0.29) is 23.6 Å². The molecular weight excluding hydrogens is 322 g/mol. The van der Waals surface area contributed by atoms with Crippen molar-refractivity contribution in [1.29, 1.82) is 0 Å². The average molecular weight is 337 g/mol. The summed E-state index contributed by atoms with van der Waals surface area (Å²) in [5.41, 5.74) is 0. The molecule has 1 aromatic carbocycles. The normalized spacial score (nSPS) is 9.45. The van der Waals surface area contributed by atoms with E-state index < -0.39 is 0 Å². The first-order chi connectivity index (χ1) is 10.4. The maximum absolute atomic E-state index is 4.22. The summed E-state index contributed by atoms with van der Waals surface area (Å²) in [5.74, 6) is 0. The van der Waals surface area contributed by atoms with E-state index in [1.54, 1.807) is 32.4 Å². The van der Waals surface area contributed by atoms with Crippen molar-refractivity contribution in [2.75, 3.05) is 0 Å². The Morgan fingerprint density at radius 2 is 1.05 bits per heavy atom. The zero-order valence-electron chi connectivity index (χ0n) is 11.7. The predicted molar refractivity (Wildman–Crippen MR) is 82.1 cm³/mol. The first kappa shape index (κ1) is 15.9. The molecular formula is C14H15BN6Ni-. The molecule has 22 heavy (non-hydrogen) atoms. The number of aromatic nitrogens is 6. The number of hydrogen-bond acceptors (Lipinski definition) is 3. The minimum absolute atomic E-state index is 0. The second kappa shape index (κ2) is 8.10. The van der Waals surface area contributed by atoms with Crippen molar-refractivity contribution in [3.8, 4) is 0 Å². The van der Waals surface area contributed by atoms with Crippen molar-refractivity contribution in [2.45, 2.75) is 0 Å². The van der Waals surface area contributed by atoms with Crippen LogP contribution in [0.5, 0.6) is 0 Å². The van der Waals surface area contributed by atoms with E-state index in [0.717, 1.165) is 0 Å². The Morgan fingerprint density at radius 3 is 1.27 bits per heavy atom. The Bertz CT molecular complexity index is 605. The zero-order chi connectivity index (χ0) is 14.3. The van der Waals surface area contributed by atoms with Gasteiger partial charge < -0.3 is 0 Å². The minimum atomic E-state index is -0.194. The van der Waals surface area contributed by atoms with Gasteiger partial charge in [-0.3, -0.25) is 13.8 Å². The second-order valence-electron chi connectivity index (χ2n) is 4.27. The van der Waals surface area contributed by atoms with Crippen LogP contribution in [-0.2, 0) is 16.5 Å². The van der Waals surface area contributed by atoms with Crippen LogP contribution in [0.4, 0.5) is 0 Å². The van der Waals surface area contributed by atoms with Crippen LogP contribution >= 0.6 is 0 Å². The standard InChI is InChI=1S/C9H9BN6.C5H5.Ni.H/c1-4-11-14(7-1)10(15-8-2-5-12-15)16-9-3-6-13-16;1-2-4-5-3-1;;/h1-9H;1-5H;;/q;-1;;. The van der Waals surface area contributed by atoms with E-state index in [1.807, 2.05) is 67.1 Å². The third kappa shape index (κ3) is 3.80. The molecule has 0 aliphatic rings. The molecule has 0 unspecified atom stereocenters. The summed E-state index contributed by atoms with van der Waals surface area (Å²) in [7, 11) is -0.194. The van der Waals surface area contributed by atoms with Crippen molar-refractivity contribution in [3.05, 3.63) is 85.7 Å². The Hall–Kier alpha value is -2.46. The molecule has 0 radical (unpaired) electrons. The van der Waals surface area contributed by atoms with Crippen LogP contribution in [0.25, 0.3) is 0 Å². The average Bonchev–Trinajstić information content (AvgIpc) is 3.32. The fraction of sp³-hybridized carbons (Fsp3) is 0. The van der Waals surface area contributed by atoms with Gasteiger partial charge >= 0.3 is 23.6 Å². The van der Waals surface area contributed by atoms with Gasteiger partial charge in [0.2, 0.25) is 0 Å². The van der Waals surface area contributed by atoms with Crippen molar-refractivity contribution in [2.24, 2.45) is 0 Å². The van der Waals surface area contributed by atoms with Crippen LogP contribution in [-0.4, -0.2) is 36.2 Å². The maximum atomic E-state index is 4.22. The molecule has 4 aromatic rings. The molecule has 8 heteroatoms. The first-order valence-corrected chi connectivity index (χ1v) is 6.59. The molecule has 4 rings (SSSR count). The molecule has 0 bridgehead atoms. The molecule has 0 saturated heterocycles. The zero-order valence-corrected chi connectivity index (χ0v) is 12.7. The molecule has 0 aliphatic heterocycles. The van der Waals surface area contributed by atoms with Crippen LogP contribution in [0, 0.1) is 0 Å². The molecule has 6 nitrogen and oxygen atoms in total. The summed E-state index contributed by atoms with van der Waals surface area (Å²) in [6.45, 7) is 0. The van der Waals surface area contributed by atoms with E-state index in [2.05, 4.69) is 15.3 Å². The molecule has 0 spiro atoms. The van der Waals surface area contributed by atoms with Gasteiger partial charge in [-0.15, -0.1) is 0 Å². The topological polar surface area (TPSA) is 53.5 Å². The summed E-state index contributed by atoms with van der Waals surface area (Å²) in [6, 6.07) is 15.6. The van der Waals surface area contributed by atoms with Gasteiger partial charge in [-0.25, -0.2) is 12.1 Å². The Kier molecular flexibility index (Phi) is 5.86. The van der Waals surface area contributed by atoms with E-state index in [0.29, 0.717) is 0 Å². The summed E-state index contributed by atoms with van der Waals surface area (Å²) in [6.07, 6.45) is 10.9. The smallest absolute Gasteiger partial charge is 0.269 e. The van der Waals surface area contributed by atoms with E-state index in [9.17, 15) is 0 Å². The molecule has 0 saturated carbocycles. The summed E-state index contributed by atoms with van der Waals surface area (Å²) < 4.78 is 5.38. The van der Waals surface area contributed by atoms with Gasteiger partial charge in [-0.2, -0.15) is 33.5 Å².